The fourth-order valence-electron chi connectivity index (χ4n) is 1.74. The number of hydrogen-bond acceptors (Lipinski definition) is 4. The Morgan fingerprint density at radius 1 is 1.18 bits per heavy atom. The summed E-state index contributed by atoms with van der Waals surface area (Å²) < 4.78 is 5.77. The second-order valence-electron chi connectivity index (χ2n) is 4.44. The topological polar surface area (TPSA) is 74.5 Å². The molecule has 0 aliphatic heterocycles. The number of amides is 1. The number of benzene rings is 2. The minimum atomic E-state index is -0.443. The van der Waals surface area contributed by atoms with Crippen LogP contribution in [0.15, 0.2) is 59.7 Å². The number of carbonyl (C=O) groups excluding carboxylic acids is 1. The number of nitriles is 1. The Morgan fingerprint density at radius 3 is 2.68 bits per heavy atom. The predicted octanol–water partition coefficient (Wildman–Crippen LogP) is 2.63. The van der Waals surface area contributed by atoms with Gasteiger partial charge in [-0.3, -0.25) is 4.79 Å². The van der Waals surface area contributed by atoms with Gasteiger partial charge in [0, 0.05) is 5.56 Å². The molecule has 1 amide bonds. The van der Waals surface area contributed by atoms with Gasteiger partial charge >= 0.3 is 0 Å². The van der Waals surface area contributed by atoms with Crippen LogP contribution >= 0.6 is 0 Å². The Labute approximate surface area is 128 Å². The first-order valence-electron chi connectivity index (χ1n) is 6.74. The van der Waals surface area contributed by atoms with Crippen molar-refractivity contribution in [3.63, 3.8) is 0 Å². The third-order valence-electron chi connectivity index (χ3n) is 2.79. The second-order valence-corrected chi connectivity index (χ2v) is 4.44. The lowest BCUT2D eigenvalue weighted by Crippen LogP contribution is -2.16. The number of nitrogens with zero attached hydrogens (tertiary/aromatic N) is 2. The van der Waals surface area contributed by atoms with Crippen molar-refractivity contribution in [1.82, 2.24) is 5.43 Å². The van der Waals surface area contributed by atoms with E-state index in [-0.39, 0.29) is 6.42 Å². The number of hydrazone groups is 1. The molecule has 0 fully saturated rings. The molecule has 110 valence electrons. The van der Waals surface area contributed by atoms with E-state index in [0.29, 0.717) is 12.4 Å². The van der Waals surface area contributed by atoms with Crippen molar-refractivity contribution in [2.24, 2.45) is 5.10 Å². The van der Waals surface area contributed by atoms with Crippen LogP contribution in [0.25, 0.3) is 0 Å². The van der Waals surface area contributed by atoms with E-state index in [1.807, 2.05) is 54.6 Å². The summed E-state index contributed by atoms with van der Waals surface area (Å²) in [5.74, 6) is 0.228. The third-order valence-corrected chi connectivity index (χ3v) is 2.79. The Bertz CT molecular complexity index is 691. The predicted molar refractivity (Wildman–Crippen MR) is 83.2 cm³/mol. The molecule has 0 atom stereocenters. The van der Waals surface area contributed by atoms with Crippen LogP contribution < -0.4 is 10.2 Å². The molecule has 2 aromatic rings. The zero-order valence-electron chi connectivity index (χ0n) is 11.9. The third kappa shape index (κ3) is 4.76. The van der Waals surface area contributed by atoms with Gasteiger partial charge in [-0.05, 0) is 17.7 Å². The van der Waals surface area contributed by atoms with Crippen molar-refractivity contribution in [2.75, 3.05) is 0 Å². The van der Waals surface area contributed by atoms with Gasteiger partial charge < -0.3 is 4.74 Å². The summed E-state index contributed by atoms with van der Waals surface area (Å²) in [7, 11) is 0. The summed E-state index contributed by atoms with van der Waals surface area (Å²) in [4.78, 5) is 11.2. The Balaban J connectivity index is 1.99. The smallest absolute Gasteiger partial charge is 0.254 e. The van der Waals surface area contributed by atoms with Crippen LogP contribution in [0.3, 0.4) is 0 Å². The van der Waals surface area contributed by atoms with Crippen molar-refractivity contribution in [3.8, 4) is 11.8 Å². The quantitative estimate of drug-likeness (QED) is 0.657. The van der Waals surface area contributed by atoms with Gasteiger partial charge in [-0.1, -0.05) is 42.5 Å². The maximum Gasteiger partial charge on any atom is 0.254 e. The van der Waals surface area contributed by atoms with E-state index < -0.39 is 5.91 Å². The zero-order chi connectivity index (χ0) is 15.6. The summed E-state index contributed by atoms with van der Waals surface area (Å²) in [6, 6.07) is 19.0. The fourth-order valence-corrected chi connectivity index (χ4v) is 1.74. The Kier molecular flexibility index (Phi) is 5.70. The van der Waals surface area contributed by atoms with Crippen molar-refractivity contribution in [3.05, 3.63) is 65.7 Å². The molecule has 0 heterocycles. The minimum Gasteiger partial charge on any atom is -0.488 e. The normalized spacial score (nSPS) is 10.1. The molecule has 1 N–H and O–H groups in total. The number of rotatable bonds is 6. The average Bonchev–Trinajstić information content (AvgIpc) is 2.55. The van der Waals surface area contributed by atoms with Gasteiger partial charge in [0.25, 0.3) is 5.91 Å². The molecule has 2 aromatic carbocycles. The molecule has 0 aliphatic rings. The molecule has 0 saturated heterocycles. The van der Waals surface area contributed by atoms with Crippen LogP contribution in [-0.4, -0.2) is 12.1 Å². The highest BCUT2D eigenvalue weighted by molar-refractivity contribution is 5.85. The standard InChI is InChI=1S/C17H15N3O2/c18-11-10-17(21)20-19-12-15-8-4-5-9-16(15)22-13-14-6-2-1-3-7-14/h1-9,12H,10,13H2,(H,20,21)/b19-12+. The Hall–Kier alpha value is -3.13. The summed E-state index contributed by atoms with van der Waals surface area (Å²) >= 11 is 0. The van der Waals surface area contributed by atoms with E-state index in [9.17, 15) is 4.79 Å². The van der Waals surface area contributed by atoms with E-state index in [4.69, 9.17) is 10.00 Å². The second kappa shape index (κ2) is 8.22. The monoisotopic (exact) mass is 293 g/mol. The van der Waals surface area contributed by atoms with E-state index in [1.54, 1.807) is 6.07 Å². The molecule has 2 rings (SSSR count). The molecular weight excluding hydrogens is 278 g/mol. The first kappa shape index (κ1) is 15.3. The van der Waals surface area contributed by atoms with Crippen LogP contribution in [0, 0.1) is 11.3 Å². The van der Waals surface area contributed by atoms with E-state index in [2.05, 4.69) is 10.5 Å². The number of carbonyl (C=O) groups is 1. The van der Waals surface area contributed by atoms with Gasteiger partial charge in [0.1, 0.15) is 18.8 Å². The highest BCUT2D eigenvalue weighted by Gasteiger charge is 2.02. The summed E-state index contributed by atoms with van der Waals surface area (Å²) in [6.07, 6.45) is 1.28. The van der Waals surface area contributed by atoms with Crippen molar-refractivity contribution < 1.29 is 9.53 Å². The highest BCUT2D eigenvalue weighted by atomic mass is 16.5. The molecule has 0 spiro atoms. The molecule has 22 heavy (non-hydrogen) atoms. The lowest BCUT2D eigenvalue weighted by Gasteiger charge is -2.08. The van der Waals surface area contributed by atoms with Gasteiger partial charge in [0.2, 0.25) is 0 Å². The maximum atomic E-state index is 11.2. The van der Waals surface area contributed by atoms with Crippen molar-refractivity contribution in [1.29, 1.82) is 5.26 Å². The molecule has 5 nitrogen and oxygen atoms in total. The van der Waals surface area contributed by atoms with Crippen LogP contribution in [0.5, 0.6) is 5.75 Å². The van der Waals surface area contributed by atoms with E-state index in [1.165, 1.54) is 6.21 Å². The molecular formula is C17H15N3O2. The van der Waals surface area contributed by atoms with Crippen molar-refractivity contribution in [2.45, 2.75) is 13.0 Å². The molecule has 0 bridgehead atoms. The molecule has 0 aliphatic carbocycles. The zero-order valence-corrected chi connectivity index (χ0v) is 11.9. The van der Waals surface area contributed by atoms with Gasteiger partial charge in [-0.15, -0.1) is 0 Å². The fraction of sp³-hybridized carbons (Fsp3) is 0.118. The van der Waals surface area contributed by atoms with Gasteiger partial charge in [-0.2, -0.15) is 10.4 Å². The van der Waals surface area contributed by atoms with Gasteiger partial charge in [-0.25, -0.2) is 5.43 Å². The Morgan fingerprint density at radius 2 is 1.91 bits per heavy atom. The van der Waals surface area contributed by atoms with Crippen LogP contribution in [0.4, 0.5) is 0 Å². The maximum absolute atomic E-state index is 11.2. The van der Waals surface area contributed by atoms with Crippen LogP contribution in [0.1, 0.15) is 17.5 Å². The molecule has 0 saturated carbocycles. The SMILES string of the molecule is N#CCC(=O)N/N=C/c1ccccc1OCc1ccccc1. The van der Waals surface area contributed by atoms with Crippen molar-refractivity contribution >= 4 is 12.1 Å². The van der Waals surface area contributed by atoms with Gasteiger partial charge in [0.05, 0.1) is 12.3 Å². The van der Waals surface area contributed by atoms with E-state index in [0.717, 1.165) is 11.1 Å². The van der Waals surface area contributed by atoms with Crippen LogP contribution in [0.2, 0.25) is 0 Å². The minimum absolute atomic E-state index is 0.219. The number of hydrogen-bond donors (Lipinski definition) is 1. The lowest BCUT2D eigenvalue weighted by molar-refractivity contribution is -0.120. The van der Waals surface area contributed by atoms with Gasteiger partial charge in [0.15, 0.2) is 0 Å². The lowest BCUT2D eigenvalue weighted by atomic mass is 10.2. The van der Waals surface area contributed by atoms with E-state index >= 15 is 0 Å². The number of nitrogens with one attached hydrogen (secondary N) is 1. The summed E-state index contributed by atoms with van der Waals surface area (Å²) in [6.45, 7) is 0.451. The molecule has 0 aromatic heterocycles. The number of ether oxygens (including phenoxy) is 1. The first-order chi connectivity index (χ1) is 10.8. The largest absolute Gasteiger partial charge is 0.488 e. The highest BCUT2D eigenvalue weighted by Crippen LogP contribution is 2.17. The molecule has 0 radical (unpaired) electrons. The first-order valence-corrected chi connectivity index (χ1v) is 6.74. The number of para-hydroxylation sites is 1. The molecule has 5 heteroatoms. The average molecular weight is 293 g/mol. The summed E-state index contributed by atoms with van der Waals surface area (Å²) in [5.41, 5.74) is 4.10. The molecule has 0 unspecified atom stereocenters. The van der Waals surface area contributed by atoms with Crippen LogP contribution in [-0.2, 0) is 11.4 Å². The summed E-state index contributed by atoms with van der Waals surface area (Å²) in [5, 5.41) is 12.2.